The Morgan fingerprint density at radius 1 is 1.37 bits per heavy atom. The fourth-order valence-electron chi connectivity index (χ4n) is 1.66. The van der Waals surface area contributed by atoms with Crippen molar-refractivity contribution in [3.63, 3.8) is 0 Å². The Kier molecular flexibility index (Phi) is 4.71. The van der Waals surface area contributed by atoms with Crippen molar-refractivity contribution in [2.75, 3.05) is 24.6 Å². The Labute approximate surface area is 106 Å². The van der Waals surface area contributed by atoms with Crippen molar-refractivity contribution in [1.29, 1.82) is 5.41 Å². The van der Waals surface area contributed by atoms with E-state index in [0.717, 1.165) is 11.0 Å². The van der Waals surface area contributed by atoms with Crippen LogP contribution in [0.3, 0.4) is 0 Å². The van der Waals surface area contributed by atoms with Crippen molar-refractivity contribution in [1.82, 2.24) is 0 Å². The summed E-state index contributed by atoms with van der Waals surface area (Å²) in [6.07, 6.45) is -4.52. The second-order valence-corrected chi connectivity index (χ2v) is 3.81. The van der Waals surface area contributed by atoms with Gasteiger partial charge in [0.2, 0.25) is 0 Å². The lowest BCUT2D eigenvalue weighted by Crippen LogP contribution is -2.37. The van der Waals surface area contributed by atoms with E-state index in [-0.39, 0.29) is 12.2 Å². The lowest BCUT2D eigenvalue weighted by molar-refractivity contribution is -0.119. The number of hydrogen-bond donors (Lipinski definition) is 3. The molecule has 19 heavy (non-hydrogen) atoms. The molecule has 0 spiro atoms. The van der Waals surface area contributed by atoms with E-state index in [4.69, 9.17) is 16.2 Å². The van der Waals surface area contributed by atoms with Gasteiger partial charge >= 0.3 is 6.18 Å². The number of alkyl halides is 3. The number of nitrogen functional groups attached to an aromatic ring is 1. The Hall–Kier alpha value is -1.83. The van der Waals surface area contributed by atoms with Crippen molar-refractivity contribution in [3.8, 4) is 0 Å². The quantitative estimate of drug-likeness (QED) is 0.434. The van der Waals surface area contributed by atoms with Crippen LogP contribution in [0.2, 0.25) is 0 Å². The summed E-state index contributed by atoms with van der Waals surface area (Å²) in [7, 11) is 0. The molecule has 0 aliphatic rings. The average molecular weight is 279 g/mol. The maximum absolute atomic E-state index is 13.5. The van der Waals surface area contributed by atoms with Gasteiger partial charge in [0.05, 0.1) is 17.9 Å². The van der Waals surface area contributed by atoms with Gasteiger partial charge in [-0.15, -0.1) is 0 Å². The molecule has 4 N–H and O–H groups in total. The summed E-state index contributed by atoms with van der Waals surface area (Å²) in [5.74, 6) is -1.55. The molecule has 0 heterocycles. The highest BCUT2D eigenvalue weighted by Crippen LogP contribution is 2.26. The molecule has 0 atom stereocenters. The van der Waals surface area contributed by atoms with E-state index in [9.17, 15) is 17.6 Å². The largest absolute Gasteiger partial charge is 0.405 e. The van der Waals surface area contributed by atoms with E-state index < -0.39 is 36.5 Å². The number of aliphatic hydroxyl groups is 1. The van der Waals surface area contributed by atoms with Crippen LogP contribution >= 0.6 is 0 Å². The van der Waals surface area contributed by atoms with Crippen molar-refractivity contribution in [2.45, 2.75) is 6.18 Å². The number of rotatable bonds is 5. The molecule has 1 rings (SSSR count). The maximum Gasteiger partial charge on any atom is 0.405 e. The van der Waals surface area contributed by atoms with Crippen LogP contribution in [0.4, 0.5) is 23.2 Å². The van der Waals surface area contributed by atoms with E-state index >= 15 is 0 Å². The highest BCUT2D eigenvalue weighted by atomic mass is 19.4. The van der Waals surface area contributed by atoms with Gasteiger partial charge in [0.25, 0.3) is 0 Å². The fraction of sp³-hybridized carbons (Fsp3) is 0.364. The third-order valence-corrected chi connectivity index (χ3v) is 2.34. The molecule has 0 amide bonds. The molecular formula is C11H13F4N3O. The van der Waals surface area contributed by atoms with E-state index in [0.29, 0.717) is 0 Å². The van der Waals surface area contributed by atoms with Crippen LogP contribution in [0.25, 0.3) is 0 Å². The van der Waals surface area contributed by atoms with Crippen LogP contribution in [-0.2, 0) is 0 Å². The number of halogens is 4. The fourth-order valence-corrected chi connectivity index (χ4v) is 1.66. The van der Waals surface area contributed by atoms with Gasteiger partial charge in [-0.1, -0.05) is 6.07 Å². The maximum atomic E-state index is 13.5. The molecule has 0 unspecified atom stereocenters. The van der Waals surface area contributed by atoms with Gasteiger partial charge in [-0.25, -0.2) is 4.39 Å². The molecule has 8 heteroatoms. The van der Waals surface area contributed by atoms with Gasteiger partial charge in [-0.2, -0.15) is 13.2 Å². The minimum absolute atomic E-state index is 0.168. The molecule has 0 saturated carbocycles. The number of nitrogens with zero attached hydrogens (tertiary/aromatic N) is 1. The van der Waals surface area contributed by atoms with Crippen molar-refractivity contribution in [2.24, 2.45) is 5.73 Å². The molecule has 1 aromatic rings. The molecule has 0 aliphatic carbocycles. The monoisotopic (exact) mass is 279 g/mol. The van der Waals surface area contributed by atoms with Gasteiger partial charge in [-0.05, 0) is 12.1 Å². The minimum Gasteiger partial charge on any atom is -0.395 e. The normalized spacial score (nSPS) is 11.4. The molecule has 0 aliphatic heterocycles. The SMILES string of the molecule is N=C(N)c1c(F)cccc1N(CCO)CC(F)(F)F. The molecular weight excluding hydrogens is 266 g/mol. The predicted molar refractivity (Wildman–Crippen MR) is 62.8 cm³/mol. The predicted octanol–water partition coefficient (Wildman–Crippen LogP) is 1.47. The van der Waals surface area contributed by atoms with Gasteiger partial charge in [-0.3, -0.25) is 5.41 Å². The van der Waals surface area contributed by atoms with Crippen molar-refractivity contribution in [3.05, 3.63) is 29.6 Å². The lowest BCUT2D eigenvalue weighted by atomic mass is 10.1. The number of anilines is 1. The number of aliphatic hydroxyl groups excluding tert-OH is 1. The molecule has 0 saturated heterocycles. The summed E-state index contributed by atoms with van der Waals surface area (Å²) in [5, 5.41) is 16.0. The Balaban J connectivity index is 3.22. The number of amidine groups is 1. The molecule has 0 aromatic heterocycles. The van der Waals surface area contributed by atoms with Crippen LogP contribution in [0.1, 0.15) is 5.56 Å². The number of hydrogen-bond acceptors (Lipinski definition) is 3. The zero-order valence-electron chi connectivity index (χ0n) is 9.84. The zero-order valence-corrected chi connectivity index (χ0v) is 9.84. The molecule has 0 fully saturated rings. The minimum atomic E-state index is -4.52. The average Bonchev–Trinajstić information content (AvgIpc) is 2.25. The van der Waals surface area contributed by atoms with Crippen LogP contribution in [0, 0.1) is 11.2 Å². The smallest absolute Gasteiger partial charge is 0.395 e. The van der Waals surface area contributed by atoms with Crippen LogP contribution in [0.5, 0.6) is 0 Å². The van der Waals surface area contributed by atoms with Gasteiger partial charge in [0.15, 0.2) is 0 Å². The Morgan fingerprint density at radius 3 is 2.47 bits per heavy atom. The third kappa shape index (κ3) is 4.09. The molecule has 4 nitrogen and oxygen atoms in total. The van der Waals surface area contributed by atoms with Crippen LogP contribution < -0.4 is 10.6 Å². The Bertz CT molecular complexity index is 462. The zero-order chi connectivity index (χ0) is 14.6. The first-order valence-corrected chi connectivity index (χ1v) is 5.31. The number of benzene rings is 1. The van der Waals surface area contributed by atoms with Gasteiger partial charge < -0.3 is 15.7 Å². The summed E-state index contributed by atoms with van der Waals surface area (Å²) in [4.78, 5) is 0.736. The van der Waals surface area contributed by atoms with Crippen molar-refractivity contribution < 1.29 is 22.7 Å². The van der Waals surface area contributed by atoms with E-state index in [1.165, 1.54) is 12.1 Å². The lowest BCUT2D eigenvalue weighted by Gasteiger charge is -2.27. The molecule has 1 aromatic carbocycles. The number of nitrogens with one attached hydrogen (secondary N) is 1. The van der Waals surface area contributed by atoms with Crippen LogP contribution in [0.15, 0.2) is 18.2 Å². The van der Waals surface area contributed by atoms with Gasteiger partial charge in [0, 0.05) is 6.54 Å². The highest BCUT2D eigenvalue weighted by Gasteiger charge is 2.32. The summed E-state index contributed by atoms with van der Waals surface area (Å²) in [6.45, 7) is -2.25. The third-order valence-electron chi connectivity index (χ3n) is 2.34. The summed E-state index contributed by atoms with van der Waals surface area (Å²) in [5.41, 5.74) is 4.62. The summed E-state index contributed by atoms with van der Waals surface area (Å²) >= 11 is 0. The van der Waals surface area contributed by atoms with E-state index in [1.807, 2.05) is 0 Å². The number of nitrogens with two attached hydrogens (primary N) is 1. The molecule has 106 valence electrons. The molecule has 0 bridgehead atoms. The van der Waals surface area contributed by atoms with E-state index in [2.05, 4.69) is 0 Å². The van der Waals surface area contributed by atoms with E-state index in [1.54, 1.807) is 0 Å². The first kappa shape index (κ1) is 15.2. The summed E-state index contributed by atoms with van der Waals surface area (Å²) in [6, 6.07) is 3.45. The highest BCUT2D eigenvalue weighted by molar-refractivity contribution is 6.00. The van der Waals surface area contributed by atoms with Gasteiger partial charge in [0.1, 0.15) is 18.2 Å². The summed E-state index contributed by atoms with van der Waals surface area (Å²) < 4.78 is 50.9. The topological polar surface area (TPSA) is 73.3 Å². The van der Waals surface area contributed by atoms with Crippen molar-refractivity contribution >= 4 is 11.5 Å². The standard InChI is InChI=1S/C11H13F4N3O/c12-7-2-1-3-8(9(7)10(16)17)18(4-5-19)6-11(13,14)15/h1-3,19H,4-6H2,(H3,16,17). The van der Waals surface area contributed by atoms with Crippen LogP contribution in [-0.4, -0.2) is 36.8 Å². The molecule has 0 radical (unpaired) electrons. The first-order chi connectivity index (χ1) is 8.76. The second-order valence-electron chi connectivity index (χ2n) is 3.81. The first-order valence-electron chi connectivity index (χ1n) is 5.31. The second kappa shape index (κ2) is 5.87. The Morgan fingerprint density at radius 2 is 2.00 bits per heavy atom.